The molecule has 0 aliphatic rings. The maximum atomic E-state index is 12.3. The number of rotatable bonds is 3. The van der Waals surface area contributed by atoms with Crippen LogP contribution in [0.1, 0.15) is 40.0 Å². The molecule has 3 heteroatoms. The topological polar surface area (TPSA) is 55.1 Å². The summed E-state index contributed by atoms with van der Waals surface area (Å²) in [6, 6.07) is 13.4. The number of carbonyl (C=O) groups excluding carboxylic acids is 1. The number of nitrogens with two attached hydrogens (primary N) is 1. The molecule has 0 saturated carbocycles. The molecule has 104 valence electrons. The second-order valence-electron chi connectivity index (χ2n) is 5.12. The molecule has 1 unspecified atom stereocenters. The van der Waals surface area contributed by atoms with Crippen LogP contribution < -0.4 is 11.1 Å². The van der Waals surface area contributed by atoms with Gasteiger partial charge in [-0.3, -0.25) is 4.79 Å². The van der Waals surface area contributed by atoms with Crippen LogP contribution in [0, 0.1) is 13.8 Å². The van der Waals surface area contributed by atoms with Gasteiger partial charge in [-0.05, 0) is 55.7 Å². The molecule has 0 aliphatic heterocycles. The van der Waals surface area contributed by atoms with Crippen molar-refractivity contribution in [2.45, 2.75) is 26.8 Å². The Morgan fingerprint density at radius 2 is 1.80 bits per heavy atom. The van der Waals surface area contributed by atoms with Crippen molar-refractivity contribution in [2.24, 2.45) is 0 Å². The van der Waals surface area contributed by atoms with E-state index in [1.807, 2.05) is 51.1 Å². The predicted molar refractivity (Wildman–Crippen MR) is 82.7 cm³/mol. The molecule has 2 aromatic rings. The minimum atomic E-state index is -0.0798. The number of benzene rings is 2. The van der Waals surface area contributed by atoms with Gasteiger partial charge in [0.05, 0.1) is 6.04 Å². The van der Waals surface area contributed by atoms with Crippen LogP contribution >= 0.6 is 0 Å². The monoisotopic (exact) mass is 268 g/mol. The predicted octanol–water partition coefficient (Wildman–Crippen LogP) is 3.38. The summed E-state index contributed by atoms with van der Waals surface area (Å²) < 4.78 is 0. The van der Waals surface area contributed by atoms with Crippen LogP contribution in [-0.4, -0.2) is 5.91 Å². The van der Waals surface area contributed by atoms with Gasteiger partial charge in [0, 0.05) is 11.3 Å². The Morgan fingerprint density at radius 3 is 2.45 bits per heavy atom. The van der Waals surface area contributed by atoms with Gasteiger partial charge in [-0.25, -0.2) is 0 Å². The lowest BCUT2D eigenvalue weighted by Gasteiger charge is -2.17. The molecular formula is C17H20N2O. The zero-order valence-corrected chi connectivity index (χ0v) is 12.1. The first-order valence-corrected chi connectivity index (χ1v) is 6.71. The lowest BCUT2D eigenvalue weighted by molar-refractivity contribution is 0.0940. The van der Waals surface area contributed by atoms with E-state index >= 15 is 0 Å². The van der Waals surface area contributed by atoms with Crippen molar-refractivity contribution in [1.82, 2.24) is 5.32 Å². The van der Waals surface area contributed by atoms with Gasteiger partial charge in [-0.1, -0.05) is 24.3 Å². The molecule has 0 fully saturated rings. The molecule has 2 rings (SSSR count). The summed E-state index contributed by atoms with van der Waals surface area (Å²) in [4.78, 5) is 12.3. The van der Waals surface area contributed by atoms with Gasteiger partial charge in [0.1, 0.15) is 0 Å². The Kier molecular flexibility index (Phi) is 4.08. The summed E-state index contributed by atoms with van der Waals surface area (Å²) >= 11 is 0. The molecule has 0 spiro atoms. The third-order valence-electron chi connectivity index (χ3n) is 3.53. The van der Waals surface area contributed by atoms with Crippen LogP contribution in [0.2, 0.25) is 0 Å². The number of hydrogen-bond acceptors (Lipinski definition) is 2. The van der Waals surface area contributed by atoms with Gasteiger partial charge in [-0.2, -0.15) is 0 Å². The Bertz CT molecular complexity index is 635. The van der Waals surface area contributed by atoms with E-state index in [1.165, 1.54) is 5.56 Å². The minimum Gasteiger partial charge on any atom is -0.399 e. The van der Waals surface area contributed by atoms with E-state index in [0.29, 0.717) is 11.3 Å². The number of aryl methyl sites for hydroxylation is 2. The molecule has 3 nitrogen and oxygen atoms in total. The number of amides is 1. The van der Waals surface area contributed by atoms with E-state index in [-0.39, 0.29) is 11.9 Å². The highest BCUT2D eigenvalue weighted by molar-refractivity contribution is 5.95. The molecule has 0 radical (unpaired) electrons. The second-order valence-corrected chi connectivity index (χ2v) is 5.12. The third-order valence-corrected chi connectivity index (χ3v) is 3.53. The summed E-state index contributed by atoms with van der Waals surface area (Å²) in [7, 11) is 0. The zero-order valence-electron chi connectivity index (χ0n) is 12.1. The largest absolute Gasteiger partial charge is 0.399 e. The van der Waals surface area contributed by atoms with Gasteiger partial charge in [0.2, 0.25) is 0 Å². The maximum absolute atomic E-state index is 12.3. The Labute approximate surface area is 119 Å². The van der Waals surface area contributed by atoms with Gasteiger partial charge < -0.3 is 11.1 Å². The van der Waals surface area contributed by atoms with Crippen molar-refractivity contribution >= 4 is 11.6 Å². The van der Waals surface area contributed by atoms with Crippen LogP contribution in [0.25, 0.3) is 0 Å². The average molecular weight is 268 g/mol. The highest BCUT2D eigenvalue weighted by Crippen LogP contribution is 2.18. The summed E-state index contributed by atoms with van der Waals surface area (Å²) in [5.74, 6) is -0.0798. The molecule has 3 N–H and O–H groups in total. The van der Waals surface area contributed by atoms with Crippen LogP contribution in [0.3, 0.4) is 0 Å². The third kappa shape index (κ3) is 2.99. The van der Waals surface area contributed by atoms with E-state index in [9.17, 15) is 4.79 Å². The van der Waals surface area contributed by atoms with Crippen molar-refractivity contribution in [3.63, 3.8) is 0 Å². The number of carbonyl (C=O) groups is 1. The fourth-order valence-corrected chi connectivity index (χ4v) is 2.25. The molecule has 0 bridgehead atoms. The van der Waals surface area contributed by atoms with Crippen molar-refractivity contribution in [1.29, 1.82) is 0 Å². The molecule has 1 amide bonds. The highest BCUT2D eigenvalue weighted by Gasteiger charge is 2.13. The lowest BCUT2D eigenvalue weighted by Crippen LogP contribution is -2.27. The van der Waals surface area contributed by atoms with E-state index in [2.05, 4.69) is 5.32 Å². The molecule has 1 atom stereocenters. The zero-order chi connectivity index (χ0) is 14.7. The Morgan fingerprint density at radius 1 is 1.10 bits per heavy atom. The first kappa shape index (κ1) is 14.1. The van der Waals surface area contributed by atoms with Gasteiger partial charge in [0.15, 0.2) is 0 Å². The van der Waals surface area contributed by atoms with Gasteiger partial charge in [0.25, 0.3) is 5.91 Å². The summed E-state index contributed by atoms with van der Waals surface area (Å²) in [6.07, 6.45) is 0. The van der Waals surface area contributed by atoms with Crippen LogP contribution in [0.5, 0.6) is 0 Å². The van der Waals surface area contributed by atoms with E-state index in [4.69, 9.17) is 5.73 Å². The fraction of sp³-hybridized carbons (Fsp3) is 0.235. The molecular weight excluding hydrogens is 248 g/mol. The van der Waals surface area contributed by atoms with E-state index < -0.39 is 0 Å². The van der Waals surface area contributed by atoms with Crippen LogP contribution in [0.15, 0.2) is 42.5 Å². The van der Waals surface area contributed by atoms with Crippen molar-refractivity contribution < 1.29 is 4.79 Å². The van der Waals surface area contributed by atoms with Crippen LogP contribution in [0.4, 0.5) is 5.69 Å². The first-order valence-electron chi connectivity index (χ1n) is 6.71. The minimum absolute atomic E-state index is 0.0263. The van der Waals surface area contributed by atoms with E-state index in [0.717, 1.165) is 11.1 Å². The Hall–Kier alpha value is -2.29. The number of nitrogens with one attached hydrogen (secondary N) is 1. The average Bonchev–Trinajstić information content (AvgIpc) is 2.42. The first-order chi connectivity index (χ1) is 9.49. The standard InChI is InChI=1S/C17H20N2O/c1-11-6-4-5-7-15(11)13(3)19-17(20)14-8-9-16(18)12(2)10-14/h4-10,13H,18H2,1-3H3,(H,19,20). The molecule has 0 heterocycles. The summed E-state index contributed by atoms with van der Waals surface area (Å²) in [5, 5.41) is 3.02. The van der Waals surface area contributed by atoms with E-state index in [1.54, 1.807) is 12.1 Å². The second kappa shape index (κ2) is 5.78. The summed E-state index contributed by atoms with van der Waals surface area (Å²) in [5.41, 5.74) is 10.3. The summed E-state index contributed by atoms with van der Waals surface area (Å²) in [6.45, 7) is 5.94. The molecule has 2 aromatic carbocycles. The SMILES string of the molecule is Cc1cc(C(=O)NC(C)c2ccccc2C)ccc1N. The normalized spacial score (nSPS) is 11.9. The molecule has 0 saturated heterocycles. The van der Waals surface area contributed by atoms with Crippen molar-refractivity contribution in [3.05, 3.63) is 64.7 Å². The van der Waals surface area contributed by atoms with Crippen molar-refractivity contribution in [3.8, 4) is 0 Å². The quantitative estimate of drug-likeness (QED) is 0.838. The fourth-order valence-electron chi connectivity index (χ4n) is 2.25. The molecule has 0 aromatic heterocycles. The lowest BCUT2D eigenvalue weighted by atomic mass is 10.0. The van der Waals surface area contributed by atoms with Gasteiger partial charge >= 0.3 is 0 Å². The Balaban J connectivity index is 2.15. The van der Waals surface area contributed by atoms with Gasteiger partial charge in [-0.15, -0.1) is 0 Å². The highest BCUT2D eigenvalue weighted by atomic mass is 16.1. The molecule has 0 aliphatic carbocycles. The number of anilines is 1. The van der Waals surface area contributed by atoms with Crippen LogP contribution in [-0.2, 0) is 0 Å². The maximum Gasteiger partial charge on any atom is 0.251 e. The van der Waals surface area contributed by atoms with Crippen molar-refractivity contribution in [2.75, 3.05) is 5.73 Å². The number of nitrogen functional groups attached to an aromatic ring is 1. The molecule has 20 heavy (non-hydrogen) atoms. The number of hydrogen-bond donors (Lipinski definition) is 2. The smallest absolute Gasteiger partial charge is 0.251 e.